The van der Waals surface area contributed by atoms with E-state index in [-0.39, 0.29) is 17.4 Å². The van der Waals surface area contributed by atoms with Crippen molar-refractivity contribution in [3.63, 3.8) is 0 Å². The first-order chi connectivity index (χ1) is 11.3. The molecular weight excluding hydrogens is 327 g/mol. The summed E-state index contributed by atoms with van der Waals surface area (Å²) in [6.07, 6.45) is -3.18. The average Bonchev–Trinajstić information content (AvgIpc) is 2.98. The summed E-state index contributed by atoms with van der Waals surface area (Å²) in [5, 5.41) is 7.77. The van der Waals surface area contributed by atoms with E-state index in [0.717, 1.165) is 22.8 Å². The highest BCUT2D eigenvalue weighted by molar-refractivity contribution is 5.78. The SMILES string of the molecule is CCn1ncc(Cn2c(=O)[nH]c3ccc(C(F)(F)F)cc3c2=O)n1. The van der Waals surface area contributed by atoms with Crippen LogP contribution in [0.25, 0.3) is 10.9 Å². The third-order valence-electron chi connectivity index (χ3n) is 3.50. The van der Waals surface area contributed by atoms with Gasteiger partial charge in [-0.1, -0.05) is 0 Å². The van der Waals surface area contributed by atoms with Crippen LogP contribution in [0.2, 0.25) is 0 Å². The first kappa shape index (κ1) is 16.0. The number of aromatic nitrogens is 5. The zero-order valence-electron chi connectivity index (χ0n) is 12.5. The summed E-state index contributed by atoms with van der Waals surface area (Å²) in [6.45, 7) is 2.15. The molecule has 0 aliphatic heterocycles. The van der Waals surface area contributed by atoms with Crippen LogP contribution in [0.4, 0.5) is 13.2 Å². The van der Waals surface area contributed by atoms with Crippen LogP contribution in [0, 0.1) is 0 Å². The van der Waals surface area contributed by atoms with Gasteiger partial charge in [-0.25, -0.2) is 4.79 Å². The van der Waals surface area contributed by atoms with Gasteiger partial charge in [0.05, 0.1) is 35.8 Å². The van der Waals surface area contributed by atoms with Gasteiger partial charge in [-0.15, -0.1) is 0 Å². The molecule has 0 saturated heterocycles. The average molecular weight is 339 g/mol. The van der Waals surface area contributed by atoms with E-state index in [1.165, 1.54) is 11.0 Å². The summed E-state index contributed by atoms with van der Waals surface area (Å²) in [7, 11) is 0. The molecule has 2 aromatic heterocycles. The number of H-pyrrole nitrogens is 1. The monoisotopic (exact) mass is 339 g/mol. The molecule has 0 atom stereocenters. The minimum absolute atomic E-state index is 0.0477. The second-order valence-corrected chi connectivity index (χ2v) is 5.10. The van der Waals surface area contributed by atoms with Crippen molar-refractivity contribution in [2.24, 2.45) is 0 Å². The lowest BCUT2D eigenvalue weighted by Crippen LogP contribution is -2.35. The van der Waals surface area contributed by atoms with Gasteiger partial charge >= 0.3 is 11.9 Å². The highest BCUT2D eigenvalue weighted by atomic mass is 19.4. The standard InChI is InChI=1S/C14H12F3N5O2/c1-2-22-18-6-9(20-22)7-21-12(23)10-5-8(14(15,16)17)3-4-11(10)19-13(21)24/h3-6H,2,7H2,1H3,(H,19,24). The predicted octanol–water partition coefficient (Wildman–Crippen LogP) is 1.37. The Bertz CT molecular complexity index is 1020. The molecule has 1 aromatic carbocycles. The van der Waals surface area contributed by atoms with Crippen molar-refractivity contribution in [1.29, 1.82) is 0 Å². The Labute approximate surface area is 132 Å². The summed E-state index contributed by atoms with van der Waals surface area (Å²) in [4.78, 5) is 28.3. The van der Waals surface area contributed by atoms with Crippen molar-refractivity contribution in [2.45, 2.75) is 26.2 Å². The highest BCUT2D eigenvalue weighted by Gasteiger charge is 2.30. The number of aromatic amines is 1. The van der Waals surface area contributed by atoms with Crippen molar-refractivity contribution in [1.82, 2.24) is 24.5 Å². The number of rotatable bonds is 3. The molecule has 24 heavy (non-hydrogen) atoms. The number of halogens is 3. The van der Waals surface area contributed by atoms with Gasteiger partial charge in [-0.3, -0.25) is 9.36 Å². The van der Waals surface area contributed by atoms with Gasteiger partial charge in [0.15, 0.2) is 0 Å². The van der Waals surface area contributed by atoms with Crippen LogP contribution in [-0.4, -0.2) is 24.5 Å². The molecule has 0 saturated carbocycles. The Hall–Kier alpha value is -2.91. The molecule has 3 rings (SSSR count). The molecule has 0 spiro atoms. The van der Waals surface area contributed by atoms with Gasteiger partial charge in [-0.05, 0) is 25.1 Å². The molecule has 0 fully saturated rings. The number of aryl methyl sites for hydroxylation is 1. The Morgan fingerprint density at radius 2 is 2.00 bits per heavy atom. The van der Waals surface area contributed by atoms with Crippen molar-refractivity contribution >= 4 is 10.9 Å². The van der Waals surface area contributed by atoms with Gasteiger partial charge < -0.3 is 4.98 Å². The smallest absolute Gasteiger partial charge is 0.307 e. The molecule has 3 aromatic rings. The molecule has 0 unspecified atom stereocenters. The van der Waals surface area contributed by atoms with E-state index in [1.54, 1.807) is 0 Å². The quantitative estimate of drug-likeness (QED) is 0.781. The summed E-state index contributed by atoms with van der Waals surface area (Å²) in [6, 6.07) is 2.61. The largest absolute Gasteiger partial charge is 0.416 e. The van der Waals surface area contributed by atoms with Gasteiger partial charge in [0.2, 0.25) is 0 Å². The molecular formula is C14H12F3N5O2. The molecule has 0 bridgehead atoms. The second kappa shape index (κ2) is 5.62. The highest BCUT2D eigenvalue weighted by Crippen LogP contribution is 2.30. The van der Waals surface area contributed by atoms with Crippen molar-refractivity contribution in [2.75, 3.05) is 0 Å². The van der Waals surface area contributed by atoms with E-state index in [1.807, 2.05) is 6.92 Å². The minimum atomic E-state index is -4.58. The summed E-state index contributed by atoms with van der Waals surface area (Å²) in [5.41, 5.74) is -2.09. The molecule has 2 heterocycles. The molecule has 1 N–H and O–H groups in total. The fourth-order valence-electron chi connectivity index (χ4n) is 2.29. The van der Waals surface area contributed by atoms with Gasteiger partial charge in [0, 0.05) is 0 Å². The summed E-state index contributed by atoms with van der Waals surface area (Å²) in [5.74, 6) is 0. The number of benzene rings is 1. The predicted molar refractivity (Wildman–Crippen MR) is 78.6 cm³/mol. The Morgan fingerprint density at radius 1 is 1.25 bits per heavy atom. The normalized spacial score (nSPS) is 12.0. The van der Waals surface area contributed by atoms with E-state index in [2.05, 4.69) is 15.2 Å². The van der Waals surface area contributed by atoms with E-state index < -0.39 is 23.0 Å². The number of alkyl halides is 3. The third kappa shape index (κ3) is 2.82. The molecule has 7 nitrogen and oxygen atoms in total. The number of nitrogens with one attached hydrogen (secondary N) is 1. The molecule has 10 heteroatoms. The summed E-state index contributed by atoms with van der Waals surface area (Å²) >= 11 is 0. The van der Waals surface area contributed by atoms with Crippen molar-refractivity contribution in [3.05, 3.63) is 56.5 Å². The maximum atomic E-state index is 12.8. The Balaban J connectivity index is 2.14. The molecule has 0 aliphatic rings. The zero-order chi connectivity index (χ0) is 17.5. The lowest BCUT2D eigenvalue weighted by atomic mass is 10.1. The zero-order valence-corrected chi connectivity index (χ0v) is 12.5. The van der Waals surface area contributed by atoms with Crippen LogP contribution in [0.5, 0.6) is 0 Å². The first-order valence-corrected chi connectivity index (χ1v) is 7.02. The molecule has 0 amide bonds. The summed E-state index contributed by atoms with van der Waals surface area (Å²) < 4.78 is 39.2. The maximum absolute atomic E-state index is 12.8. The lowest BCUT2D eigenvalue weighted by Gasteiger charge is -2.09. The number of nitrogens with zero attached hydrogens (tertiary/aromatic N) is 4. The first-order valence-electron chi connectivity index (χ1n) is 7.02. The fraction of sp³-hybridized carbons (Fsp3) is 0.286. The molecule has 0 radical (unpaired) electrons. The van der Waals surface area contributed by atoms with E-state index >= 15 is 0 Å². The minimum Gasteiger partial charge on any atom is -0.307 e. The maximum Gasteiger partial charge on any atom is 0.416 e. The Morgan fingerprint density at radius 3 is 2.62 bits per heavy atom. The second-order valence-electron chi connectivity index (χ2n) is 5.10. The van der Waals surface area contributed by atoms with E-state index in [9.17, 15) is 22.8 Å². The molecule has 0 aliphatic carbocycles. The van der Waals surface area contributed by atoms with E-state index in [0.29, 0.717) is 12.2 Å². The van der Waals surface area contributed by atoms with Crippen LogP contribution >= 0.6 is 0 Å². The van der Waals surface area contributed by atoms with Crippen LogP contribution < -0.4 is 11.2 Å². The van der Waals surface area contributed by atoms with Crippen LogP contribution in [-0.2, 0) is 19.3 Å². The van der Waals surface area contributed by atoms with Gasteiger partial charge in [-0.2, -0.15) is 28.2 Å². The fourth-order valence-corrected chi connectivity index (χ4v) is 2.29. The van der Waals surface area contributed by atoms with Crippen molar-refractivity contribution < 1.29 is 13.2 Å². The third-order valence-corrected chi connectivity index (χ3v) is 3.50. The van der Waals surface area contributed by atoms with Crippen LogP contribution in [0.3, 0.4) is 0 Å². The number of hydrogen-bond donors (Lipinski definition) is 1. The molecule has 126 valence electrons. The van der Waals surface area contributed by atoms with Crippen LogP contribution in [0.1, 0.15) is 18.2 Å². The number of fused-ring (bicyclic) bond motifs is 1. The lowest BCUT2D eigenvalue weighted by molar-refractivity contribution is -0.137. The van der Waals surface area contributed by atoms with Crippen molar-refractivity contribution in [3.8, 4) is 0 Å². The number of hydrogen-bond acceptors (Lipinski definition) is 4. The van der Waals surface area contributed by atoms with E-state index in [4.69, 9.17) is 0 Å². The Kier molecular flexibility index (Phi) is 3.74. The topological polar surface area (TPSA) is 85.6 Å². The van der Waals surface area contributed by atoms with Gasteiger partial charge in [0.25, 0.3) is 5.56 Å². The van der Waals surface area contributed by atoms with Crippen LogP contribution in [0.15, 0.2) is 34.0 Å². The van der Waals surface area contributed by atoms with Gasteiger partial charge in [0.1, 0.15) is 5.69 Å².